The van der Waals surface area contributed by atoms with Crippen LogP contribution in [0.5, 0.6) is 0 Å². The molecule has 0 aliphatic carbocycles. The number of hydrogen-bond acceptors (Lipinski definition) is 2. The van der Waals surface area contributed by atoms with Gasteiger partial charge in [0.1, 0.15) is 0 Å². The van der Waals surface area contributed by atoms with E-state index in [0.29, 0.717) is 6.42 Å². The molecule has 1 unspecified atom stereocenters. The second kappa shape index (κ2) is 18.1. The SMILES string of the molecule is CCCCCCCCCCCCCCC(S)C(=O)O.[Ca+2].[H-].[H-]. The molecular weight excluding hydrogens is 296 g/mol. The Balaban J connectivity index is -0.000000540. The number of carboxylic acid groups (broad SMARTS) is 1. The van der Waals surface area contributed by atoms with Crippen LogP contribution in [0.1, 0.15) is 93.2 Å². The molecular formula is C16H34CaO2S. The normalized spacial score (nSPS) is 11.9. The van der Waals surface area contributed by atoms with Gasteiger partial charge in [0.05, 0.1) is 5.25 Å². The average molecular weight is 331 g/mol. The van der Waals surface area contributed by atoms with Crippen LogP contribution in [0.15, 0.2) is 0 Å². The van der Waals surface area contributed by atoms with Crippen LogP contribution in [0.25, 0.3) is 0 Å². The number of carbonyl (C=O) groups is 1. The Labute approximate surface area is 163 Å². The molecule has 1 atom stereocenters. The van der Waals surface area contributed by atoms with E-state index in [0.717, 1.165) is 12.8 Å². The van der Waals surface area contributed by atoms with Crippen molar-refractivity contribution in [3.8, 4) is 0 Å². The van der Waals surface area contributed by atoms with Crippen LogP contribution in [0.3, 0.4) is 0 Å². The fourth-order valence-electron chi connectivity index (χ4n) is 2.30. The van der Waals surface area contributed by atoms with Gasteiger partial charge in [-0.25, -0.2) is 0 Å². The van der Waals surface area contributed by atoms with E-state index in [1.165, 1.54) is 64.2 Å². The van der Waals surface area contributed by atoms with E-state index >= 15 is 0 Å². The summed E-state index contributed by atoms with van der Waals surface area (Å²) in [7, 11) is 0. The van der Waals surface area contributed by atoms with Crippen LogP contribution in [0.4, 0.5) is 0 Å². The molecule has 0 aromatic carbocycles. The van der Waals surface area contributed by atoms with Gasteiger partial charge in [0, 0.05) is 0 Å². The van der Waals surface area contributed by atoms with Crippen LogP contribution < -0.4 is 0 Å². The van der Waals surface area contributed by atoms with Crippen molar-refractivity contribution in [1.29, 1.82) is 0 Å². The Hall–Kier alpha value is 1.08. The van der Waals surface area contributed by atoms with Crippen LogP contribution in [0.2, 0.25) is 0 Å². The fraction of sp³-hybridized carbons (Fsp3) is 0.938. The van der Waals surface area contributed by atoms with Crippen molar-refractivity contribution < 1.29 is 12.8 Å². The molecule has 20 heavy (non-hydrogen) atoms. The van der Waals surface area contributed by atoms with Gasteiger partial charge >= 0.3 is 43.7 Å². The monoisotopic (exact) mass is 330 g/mol. The summed E-state index contributed by atoms with van der Waals surface area (Å²) < 4.78 is 0. The van der Waals surface area contributed by atoms with Gasteiger partial charge < -0.3 is 7.96 Å². The van der Waals surface area contributed by atoms with Gasteiger partial charge in [-0.1, -0.05) is 84.0 Å². The zero-order valence-corrected chi connectivity index (χ0v) is 16.4. The molecule has 2 nitrogen and oxygen atoms in total. The Bertz CT molecular complexity index is 222. The molecule has 0 aliphatic heterocycles. The zero-order chi connectivity index (χ0) is 14.3. The minimum Gasteiger partial charge on any atom is -1.00 e. The van der Waals surface area contributed by atoms with Gasteiger partial charge in [-0.05, 0) is 6.42 Å². The smallest absolute Gasteiger partial charge is 1.00 e. The third-order valence-electron chi connectivity index (χ3n) is 3.62. The Kier molecular flexibility index (Phi) is 21.2. The van der Waals surface area contributed by atoms with Crippen molar-refractivity contribution in [2.75, 3.05) is 0 Å². The fourth-order valence-corrected chi connectivity index (χ4v) is 2.48. The van der Waals surface area contributed by atoms with Gasteiger partial charge in [0.25, 0.3) is 0 Å². The Morgan fingerprint density at radius 2 is 1.25 bits per heavy atom. The maximum absolute atomic E-state index is 10.6. The topological polar surface area (TPSA) is 37.3 Å². The van der Waals surface area contributed by atoms with Crippen LogP contribution in [-0.4, -0.2) is 54.1 Å². The number of carboxylic acids is 1. The van der Waals surface area contributed by atoms with Crippen molar-refractivity contribution in [1.82, 2.24) is 0 Å². The molecule has 0 radical (unpaired) electrons. The summed E-state index contributed by atoms with van der Waals surface area (Å²) in [5.74, 6) is -0.786. The molecule has 0 heterocycles. The molecule has 0 fully saturated rings. The molecule has 4 heteroatoms. The van der Waals surface area contributed by atoms with E-state index in [-0.39, 0.29) is 40.6 Å². The summed E-state index contributed by atoms with van der Waals surface area (Å²) in [6.07, 6.45) is 16.5. The molecule has 118 valence electrons. The molecule has 1 N–H and O–H groups in total. The summed E-state index contributed by atoms with van der Waals surface area (Å²) in [5, 5.41) is 8.21. The minimum absolute atomic E-state index is 0. The van der Waals surface area contributed by atoms with Gasteiger partial charge in [-0.15, -0.1) is 0 Å². The molecule has 0 aromatic rings. The third-order valence-corrected chi connectivity index (χ3v) is 4.10. The molecule has 0 spiro atoms. The Morgan fingerprint density at radius 1 is 0.900 bits per heavy atom. The molecule has 0 saturated heterocycles. The number of hydrogen-bond donors (Lipinski definition) is 2. The standard InChI is InChI=1S/C16H32O2S.Ca.2H/c1-2-3-4-5-6-7-8-9-10-11-12-13-14-15(19)16(17)18;;;/h15,19H,2-14H2,1H3,(H,17,18);;;/q;+2;2*-1. The number of rotatable bonds is 14. The first-order chi connectivity index (χ1) is 9.18. The molecule has 0 rings (SSSR count). The predicted octanol–water partition coefficient (Wildman–Crippen LogP) is 5.30. The van der Waals surface area contributed by atoms with E-state index in [1.807, 2.05) is 0 Å². The average Bonchev–Trinajstić information content (AvgIpc) is 2.39. The summed E-state index contributed by atoms with van der Waals surface area (Å²) in [5.41, 5.74) is 0. The quantitative estimate of drug-likeness (QED) is 0.257. The van der Waals surface area contributed by atoms with Crippen molar-refractivity contribution >= 4 is 56.3 Å². The zero-order valence-electron chi connectivity index (χ0n) is 15.3. The van der Waals surface area contributed by atoms with Crippen molar-refractivity contribution in [3.05, 3.63) is 0 Å². The van der Waals surface area contributed by atoms with E-state index in [4.69, 9.17) is 5.11 Å². The summed E-state index contributed by atoms with van der Waals surface area (Å²) in [6, 6.07) is 0. The van der Waals surface area contributed by atoms with E-state index in [9.17, 15) is 4.79 Å². The number of thiol groups is 1. The predicted molar refractivity (Wildman–Crippen MR) is 94.1 cm³/mol. The van der Waals surface area contributed by atoms with Crippen molar-refractivity contribution in [2.24, 2.45) is 0 Å². The maximum atomic E-state index is 10.6. The van der Waals surface area contributed by atoms with Gasteiger partial charge in [0.15, 0.2) is 0 Å². The van der Waals surface area contributed by atoms with E-state index in [2.05, 4.69) is 19.6 Å². The summed E-state index contributed by atoms with van der Waals surface area (Å²) >= 11 is 4.03. The number of unbranched alkanes of at least 4 members (excludes halogenated alkanes) is 11. The first-order valence-corrected chi connectivity index (χ1v) is 8.61. The van der Waals surface area contributed by atoms with Crippen LogP contribution in [0, 0.1) is 0 Å². The maximum Gasteiger partial charge on any atom is 2.00 e. The van der Waals surface area contributed by atoms with Crippen molar-refractivity contribution in [2.45, 2.75) is 95.6 Å². The van der Waals surface area contributed by atoms with Gasteiger partial charge in [-0.2, -0.15) is 12.6 Å². The van der Waals surface area contributed by atoms with E-state index < -0.39 is 11.2 Å². The summed E-state index contributed by atoms with van der Waals surface area (Å²) in [4.78, 5) is 10.6. The minimum atomic E-state index is -0.786. The molecule has 0 aromatic heterocycles. The molecule has 0 saturated carbocycles. The first kappa shape index (κ1) is 23.3. The second-order valence-electron chi connectivity index (χ2n) is 5.53. The second-order valence-corrected chi connectivity index (χ2v) is 6.16. The van der Waals surface area contributed by atoms with Crippen molar-refractivity contribution in [3.63, 3.8) is 0 Å². The third kappa shape index (κ3) is 17.1. The van der Waals surface area contributed by atoms with Gasteiger partial charge in [0.2, 0.25) is 0 Å². The van der Waals surface area contributed by atoms with Crippen LogP contribution in [-0.2, 0) is 4.79 Å². The largest absolute Gasteiger partial charge is 2.00 e. The Morgan fingerprint density at radius 3 is 1.60 bits per heavy atom. The molecule has 0 amide bonds. The first-order valence-electron chi connectivity index (χ1n) is 8.09. The van der Waals surface area contributed by atoms with Gasteiger partial charge in [-0.3, -0.25) is 4.79 Å². The molecule has 0 bridgehead atoms. The van der Waals surface area contributed by atoms with E-state index in [1.54, 1.807) is 0 Å². The molecule has 0 aliphatic rings. The van der Waals surface area contributed by atoms with Crippen LogP contribution >= 0.6 is 12.6 Å². The summed E-state index contributed by atoms with van der Waals surface area (Å²) in [6.45, 7) is 2.26. The number of aliphatic carboxylic acids is 1.